The van der Waals surface area contributed by atoms with E-state index in [1.54, 1.807) is 31.2 Å². The maximum Gasteiger partial charge on any atom is 0.408 e. The maximum atomic E-state index is 11.4. The number of ether oxygens (including phenoxy) is 1. The standard InChI is InChI=1S/C12H15NO5/c1-8(9-5-3-2-4-6-9)18-12(17)13-10(7-14)11(15)16/h2-6,8,10,14H,7H2,1H3,(H,13,17)(H,15,16). The summed E-state index contributed by atoms with van der Waals surface area (Å²) in [5, 5.41) is 19.4. The minimum absolute atomic E-state index is 0.501. The highest BCUT2D eigenvalue weighted by Crippen LogP contribution is 2.15. The first-order valence-electron chi connectivity index (χ1n) is 5.40. The van der Waals surface area contributed by atoms with Crippen LogP contribution >= 0.6 is 0 Å². The molecule has 0 aliphatic carbocycles. The van der Waals surface area contributed by atoms with E-state index in [4.69, 9.17) is 14.9 Å². The van der Waals surface area contributed by atoms with Gasteiger partial charge in [-0.3, -0.25) is 0 Å². The third kappa shape index (κ3) is 4.06. The van der Waals surface area contributed by atoms with Crippen molar-refractivity contribution in [3.63, 3.8) is 0 Å². The Balaban J connectivity index is 2.52. The molecule has 0 bridgehead atoms. The molecular formula is C12H15NO5. The van der Waals surface area contributed by atoms with Gasteiger partial charge in [-0.05, 0) is 12.5 Å². The second-order valence-corrected chi connectivity index (χ2v) is 3.68. The third-order valence-electron chi connectivity index (χ3n) is 2.33. The van der Waals surface area contributed by atoms with Crippen LogP contribution in [-0.2, 0) is 9.53 Å². The van der Waals surface area contributed by atoms with E-state index in [9.17, 15) is 9.59 Å². The van der Waals surface area contributed by atoms with Crippen LogP contribution in [0.25, 0.3) is 0 Å². The zero-order valence-electron chi connectivity index (χ0n) is 9.87. The Morgan fingerprint density at radius 2 is 1.94 bits per heavy atom. The SMILES string of the molecule is CC(OC(=O)NC(CO)C(=O)O)c1ccccc1. The van der Waals surface area contributed by atoms with Gasteiger partial charge in [0, 0.05) is 0 Å². The van der Waals surface area contributed by atoms with Crippen molar-refractivity contribution in [1.29, 1.82) is 0 Å². The minimum Gasteiger partial charge on any atom is -0.480 e. The molecule has 0 radical (unpaired) electrons. The van der Waals surface area contributed by atoms with Gasteiger partial charge in [-0.1, -0.05) is 30.3 Å². The largest absolute Gasteiger partial charge is 0.480 e. The zero-order chi connectivity index (χ0) is 13.5. The highest BCUT2D eigenvalue weighted by molar-refractivity contribution is 5.80. The summed E-state index contributed by atoms with van der Waals surface area (Å²) in [6.07, 6.45) is -1.38. The quantitative estimate of drug-likeness (QED) is 0.725. The molecule has 6 nitrogen and oxygen atoms in total. The van der Waals surface area contributed by atoms with Gasteiger partial charge in [-0.25, -0.2) is 9.59 Å². The van der Waals surface area contributed by atoms with Crippen molar-refractivity contribution in [2.24, 2.45) is 0 Å². The van der Waals surface area contributed by atoms with Gasteiger partial charge in [0.25, 0.3) is 0 Å². The van der Waals surface area contributed by atoms with Crippen LogP contribution in [0.2, 0.25) is 0 Å². The molecule has 1 rings (SSSR count). The number of carboxylic acid groups (broad SMARTS) is 1. The molecule has 0 heterocycles. The lowest BCUT2D eigenvalue weighted by Crippen LogP contribution is -2.43. The van der Waals surface area contributed by atoms with E-state index in [-0.39, 0.29) is 0 Å². The molecule has 0 saturated carbocycles. The molecule has 0 spiro atoms. The average molecular weight is 253 g/mol. The molecule has 0 aliphatic rings. The number of alkyl carbamates (subject to hydrolysis) is 1. The van der Waals surface area contributed by atoms with Crippen LogP contribution in [0.15, 0.2) is 30.3 Å². The highest BCUT2D eigenvalue weighted by atomic mass is 16.6. The van der Waals surface area contributed by atoms with E-state index in [2.05, 4.69) is 5.32 Å². The van der Waals surface area contributed by atoms with E-state index >= 15 is 0 Å². The van der Waals surface area contributed by atoms with Crippen LogP contribution in [0.4, 0.5) is 4.79 Å². The number of hydrogen-bond donors (Lipinski definition) is 3. The summed E-state index contributed by atoms with van der Waals surface area (Å²) in [6.45, 7) is 0.980. The first-order chi connectivity index (χ1) is 8.54. The molecule has 2 unspecified atom stereocenters. The van der Waals surface area contributed by atoms with Gasteiger partial charge >= 0.3 is 12.1 Å². The molecule has 2 atom stereocenters. The highest BCUT2D eigenvalue weighted by Gasteiger charge is 2.20. The Bertz CT molecular complexity index is 406. The van der Waals surface area contributed by atoms with E-state index in [0.29, 0.717) is 0 Å². The van der Waals surface area contributed by atoms with Crippen molar-refractivity contribution in [3.05, 3.63) is 35.9 Å². The van der Waals surface area contributed by atoms with E-state index < -0.39 is 30.8 Å². The van der Waals surface area contributed by atoms with Crippen LogP contribution in [0.1, 0.15) is 18.6 Å². The van der Waals surface area contributed by atoms with E-state index in [1.165, 1.54) is 0 Å². The molecule has 6 heteroatoms. The summed E-state index contributed by atoms with van der Waals surface area (Å²) in [5.41, 5.74) is 0.795. The minimum atomic E-state index is -1.36. The molecule has 0 aromatic heterocycles. The van der Waals surface area contributed by atoms with Crippen molar-refractivity contribution in [3.8, 4) is 0 Å². The number of carbonyl (C=O) groups excluding carboxylic acids is 1. The Hall–Kier alpha value is -2.08. The van der Waals surface area contributed by atoms with Gasteiger partial charge in [-0.15, -0.1) is 0 Å². The summed E-state index contributed by atoms with van der Waals surface area (Å²) >= 11 is 0. The van der Waals surface area contributed by atoms with Gasteiger partial charge in [0.2, 0.25) is 0 Å². The van der Waals surface area contributed by atoms with Crippen molar-refractivity contribution in [2.75, 3.05) is 6.61 Å². The fraction of sp³-hybridized carbons (Fsp3) is 0.333. The van der Waals surface area contributed by atoms with Crippen LogP contribution in [0, 0.1) is 0 Å². The molecule has 3 N–H and O–H groups in total. The molecule has 98 valence electrons. The lowest BCUT2D eigenvalue weighted by molar-refractivity contribution is -0.140. The maximum absolute atomic E-state index is 11.4. The first kappa shape index (κ1) is 14.0. The van der Waals surface area contributed by atoms with Crippen molar-refractivity contribution >= 4 is 12.1 Å². The Labute approximate surface area is 104 Å². The van der Waals surface area contributed by atoms with Crippen LogP contribution in [0.5, 0.6) is 0 Å². The van der Waals surface area contributed by atoms with E-state index in [1.807, 2.05) is 6.07 Å². The van der Waals surface area contributed by atoms with Gasteiger partial charge in [-0.2, -0.15) is 0 Å². The molecule has 0 saturated heterocycles. The smallest absolute Gasteiger partial charge is 0.408 e. The number of aliphatic hydroxyl groups excluding tert-OH is 1. The second kappa shape index (κ2) is 6.61. The number of carboxylic acids is 1. The zero-order valence-corrected chi connectivity index (χ0v) is 9.87. The van der Waals surface area contributed by atoms with Gasteiger partial charge in [0.15, 0.2) is 6.04 Å². The number of carbonyl (C=O) groups is 2. The first-order valence-corrected chi connectivity index (χ1v) is 5.40. The average Bonchev–Trinajstić information content (AvgIpc) is 2.36. The lowest BCUT2D eigenvalue weighted by atomic mass is 10.1. The van der Waals surface area contributed by atoms with Crippen LogP contribution in [0.3, 0.4) is 0 Å². The molecule has 0 fully saturated rings. The molecule has 1 aromatic rings. The lowest BCUT2D eigenvalue weighted by Gasteiger charge is -2.16. The monoisotopic (exact) mass is 253 g/mol. The Kier molecular flexibility index (Phi) is 5.13. The summed E-state index contributed by atoms with van der Waals surface area (Å²) in [6, 6.07) is 7.67. The molecule has 1 aromatic carbocycles. The molecule has 18 heavy (non-hydrogen) atoms. The summed E-state index contributed by atoms with van der Waals surface area (Å²) < 4.78 is 4.99. The summed E-state index contributed by atoms with van der Waals surface area (Å²) in [4.78, 5) is 22.0. The predicted octanol–water partition coefficient (Wildman–Crippen LogP) is 0.919. The number of nitrogens with one attached hydrogen (secondary N) is 1. The molecule has 1 amide bonds. The van der Waals surface area contributed by atoms with Crippen LogP contribution in [-0.4, -0.2) is 34.9 Å². The number of aliphatic hydroxyl groups is 1. The second-order valence-electron chi connectivity index (χ2n) is 3.68. The van der Waals surface area contributed by atoms with Crippen LogP contribution < -0.4 is 5.32 Å². The van der Waals surface area contributed by atoms with E-state index in [0.717, 1.165) is 5.56 Å². The number of benzene rings is 1. The number of rotatable bonds is 5. The van der Waals surface area contributed by atoms with Crippen molar-refractivity contribution in [2.45, 2.75) is 19.1 Å². The molecule has 0 aliphatic heterocycles. The normalized spacial score (nSPS) is 13.4. The topological polar surface area (TPSA) is 95.9 Å². The Morgan fingerprint density at radius 3 is 2.44 bits per heavy atom. The number of amides is 1. The number of aliphatic carboxylic acids is 1. The van der Waals surface area contributed by atoms with Gasteiger partial charge in [0.1, 0.15) is 6.10 Å². The fourth-order valence-electron chi connectivity index (χ4n) is 1.31. The van der Waals surface area contributed by atoms with Crippen molar-refractivity contribution < 1.29 is 24.5 Å². The summed E-state index contributed by atoms with van der Waals surface area (Å²) in [5.74, 6) is -1.32. The number of hydrogen-bond acceptors (Lipinski definition) is 4. The van der Waals surface area contributed by atoms with Crippen molar-refractivity contribution in [1.82, 2.24) is 5.32 Å². The fourth-order valence-corrected chi connectivity index (χ4v) is 1.31. The summed E-state index contributed by atoms with van der Waals surface area (Å²) in [7, 11) is 0. The Morgan fingerprint density at radius 1 is 1.33 bits per heavy atom. The third-order valence-corrected chi connectivity index (χ3v) is 2.33. The van der Waals surface area contributed by atoms with Gasteiger partial charge < -0.3 is 20.3 Å². The predicted molar refractivity (Wildman–Crippen MR) is 63.0 cm³/mol. The van der Waals surface area contributed by atoms with Gasteiger partial charge in [0.05, 0.1) is 6.61 Å². The molecular weight excluding hydrogens is 238 g/mol.